The minimum atomic E-state index is 0.549. The van der Waals surface area contributed by atoms with Crippen molar-refractivity contribution in [2.75, 3.05) is 0 Å². The largest absolute Gasteiger partial charge is 0.220 e. The summed E-state index contributed by atoms with van der Waals surface area (Å²) < 4.78 is 1.84. The van der Waals surface area contributed by atoms with Crippen LogP contribution in [0.3, 0.4) is 0 Å². The van der Waals surface area contributed by atoms with Gasteiger partial charge in [0.05, 0.1) is 17.6 Å². The van der Waals surface area contributed by atoms with Crippen LogP contribution in [0.5, 0.6) is 0 Å². The van der Waals surface area contributed by atoms with Gasteiger partial charge in [0.1, 0.15) is 0 Å². The smallest absolute Gasteiger partial charge is 0.0834 e. The Bertz CT molecular complexity index is 674. The molecule has 1 atom stereocenters. The number of para-hydroxylation sites is 1. The number of hydrogen-bond acceptors (Lipinski definition) is 2. The van der Waals surface area contributed by atoms with E-state index in [1.165, 1.54) is 5.56 Å². The fraction of sp³-hybridized carbons (Fsp3) is 0.222. The Kier molecular flexibility index (Phi) is 4.10. The zero-order valence-corrected chi connectivity index (χ0v) is 12.2. The van der Waals surface area contributed by atoms with Crippen molar-refractivity contribution >= 4 is 0 Å². The molecule has 0 aliphatic heterocycles. The fourth-order valence-corrected chi connectivity index (χ4v) is 2.54. The third-order valence-corrected chi connectivity index (χ3v) is 3.55. The number of benzene rings is 2. The summed E-state index contributed by atoms with van der Waals surface area (Å²) in [6.07, 6.45) is 4.04. The summed E-state index contributed by atoms with van der Waals surface area (Å²) in [6.45, 7) is 2.26. The molecule has 0 radical (unpaired) electrons. The molecule has 0 amide bonds. The maximum Gasteiger partial charge on any atom is 0.0834 e. The van der Waals surface area contributed by atoms with Crippen LogP contribution in [0.2, 0.25) is 0 Å². The molecule has 2 aromatic carbocycles. The second-order valence-corrected chi connectivity index (χ2v) is 5.49. The highest BCUT2D eigenvalue weighted by Gasteiger charge is 2.09. The number of hydrogen-bond donors (Lipinski definition) is 0. The number of rotatable bonds is 5. The van der Waals surface area contributed by atoms with Crippen LogP contribution in [0.4, 0.5) is 0 Å². The van der Waals surface area contributed by atoms with Gasteiger partial charge < -0.3 is 0 Å². The van der Waals surface area contributed by atoms with Crippen LogP contribution in [0.15, 0.2) is 66.9 Å². The molecule has 106 valence electrons. The number of aromatic nitrogens is 3. The highest BCUT2D eigenvalue weighted by molar-refractivity contribution is 5.30. The fourth-order valence-electron chi connectivity index (χ4n) is 2.54. The van der Waals surface area contributed by atoms with Gasteiger partial charge in [-0.15, -0.1) is 5.10 Å². The minimum absolute atomic E-state index is 0.549. The van der Waals surface area contributed by atoms with Crippen molar-refractivity contribution in [3.63, 3.8) is 0 Å². The van der Waals surface area contributed by atoms with Crippen molar-refractivity contribution in [1.29, 1.82) is 0 Å². The minimum Gasteiger partial charge on any atom is -0.220 e. The third-order valence-electron chi connectivity index (χ3n) is 3.55. The molecular weight excluding hydrogens is 258 g/mol. The predicted molar refractivity (Wildman–Crippen MR) is 84.4 cm³/mol. The lowest BCUT2D eigenvalue weighted by Gasteiger charge is -2.09. The Morgan fingerprint density at radius 1 is 0.905 bits per heavy atom. The van der Waals surface area contributed by atoms with Crippen LogP contribution in [-0.2, 0) is 12.8 Å². The second-order valence-electron chi connectivity index (χ2n) is 5.49. The van der Waals surface area contributed by atoms with Crippen molar-refractivity contribution < 1.29 is 0 Å². The monoisotopic (exact) mass is 277 g/mol. The van der Waals surface area contributed by atoms with E-state index < -0.39 is 0 Å². The van der Waals surface area contributed by atoms with Gasteiger partial charge >= 0.3 is 0 Å². The molecule has 1 aromatic heterocycles. The van der Waals surface area contributed by atoms with E-state index in [0.29, 0.717) is 5.92 Å². The lowest BCUT2D eigenvalue weighted by Crippen LogP contribution is -2.04. The van der Waals surface area contributed by atoms with E-state index in [4.69, 9.17) is 0 Å². The summed E-state index contributed by atoms with van der Waals surface area (Å²) in [5, 5.41) is 8.50. The SMILES string of the molecule is C[C@@H](Cc1ccccc1)Cc1cn(-c2ccccc2)nn1. The first kappa shape index (κ1) is 13.6. The van der Waals surface area contributed by atoms with Gasteiger partial charge in [-0.05, 0) is 36.5 Å². The summed E-state index contributed by atoms with van der Waals surface area (Å²) in [5.74, 6) is 0.549. The molecule has 0 bridgehead atoms. The number of nitrogens with zero attached hydrogens (tertiary/aromatic N) is 3. The van der Waals surface area contributed by atoms with Crippen LogP contribution in [0.1, 0.15) is 18.2 Å². The topological polar surface area (TPSA) is 30.7 Å². The molecule has 0 aliphatic rings. The second kappa shape index (κ2) is 6.35. The first-order valence-electron chi connectivity index (χ1n) is 7.32. The molecule has 0 fully saturated rings. The van der Waals surface area contributed by atoms with E-state index in [2.05, 4.69) is 47.6 Å². The van der Waals surface area contributed by atoms with Gasteiger partial charge in [-0.3, -0.25) is 0 Å². The lowest BCUT2D eigenvalue weighted by molar-refractivity contribution is 0.568. The molecule has 3 aromatic rings. The van der Waals surface area contributed by atoms with Crippen LogP contribution in [0.25, 0.3) is 5.69 Å². The van der Waals surface area contributed by atoms with Gasteiger partial charge in [0.2, 0.25) is 0 Å². The predicted octanol–water partition coefficient (Wildman–Crippen LogP) is 3.69. The highest BCUT2D eigenvalue weighted by Crippen LogP contribution is 2.14. The molecule has 3 rings (SSSR count). The summed E-state index contributed by atoms with van der Waals surface area (Å²) in [7, 11) is 0. The Labute approximate surface area is 125 Å². The average molecular weight is 277 g/mol. The highest BCUT2D eigenvalue weighted by atomic mass is 15.4. The standard InChI is InChI=1S/C18H19N3/c1-15(12-16-8-4-2-5-9-16)13-17-14-21(20-19-17)18-10-6-3-7-11-18/h2-11,14-15H,12-13H2,1H3/t15-/m0/s1. The molecule has 21 heavy (non-hydrogen) atoms. The molecular formula is C18H19N3. The molecule has 3 heteroatoms. The molecule has 0 unspecified atom stereocenters. The van der Waals surface area contributed by atoms with Crippen molar-refractivity contribution in [1.82, 2.24) is 15.0 Å². The summed E-state index contributed by atoms with van der Waals surface area (Å²) in [4.78, 5) is 0. The summed E-state index contributed by atoms with van der Waals surface area (Å²) in [5.41, 5.74) is 3.47. The molecule has 1 heterocycles. The maximum absolute atomic E-state index is 4.29. The Morgan fingerprint density at radius 2 is 1.57 bits per heavy atom. The molecule has 0 saturated heterocycles. The van der Waals surface area contributed by atoms with E-state index >= 15 is 0 Å². The van der Waals surface area contributed by atoms with E-state index in [1.807, 2.05) is 41.2 Å². The molecule has 0 spiro atoms. The summed E-state index contributed by atoms with van der Waals surface area (Å²) in [6, 6.07) is 20.7. The van der Waals surface area contributed by atoms with Crippen molar-refractivity contribution in [3.8, 4) is 5.69 Å². The first-order chi connectivity index (χ1) is 10.3. The van der Waals surface area contributed by atoms with Crippen LogP contribution < -0.4 is 0 Å². The lowest BCUT2D eigenvalue weighted by atomic mass is 9.97. The molecule has 0 N–H and O–H groups in total. The van der Waals surface area contributed by atoms with Gasteiger partial charge in [0.15, 0.2) is 0 Å². The Hall–Kier alpha value is -2.42. The third kappa shape index (κ3) is 3.57. The van der Waals surface area contributed by atoms with Crippen molar-refractivity contribution in [2.24, 2.45) is 5.92 Å². The molecule has 3 nitrogen and oxygen atoms in total. The average Bonchev–Trinajstić information content (AvgIpc) is 2.97. The maximum atomic E-state index is 4.29. The van der Waals surface area contributed by atoms with Crippen LogP contribution in [0, 0.1) is 5.92 Å². The molecule has 0 aliphatic carbocycles. The van der Waals surface area contributed by atoms with Crippen molar-refractivity contribution in [3.05, 3.63) is 78.1 Å². The zero-order chi connectivity index (χ0) is 14.5. The van der Waals surface area contributed by atoms with E-state index in [9.17, 15) is 0 Å². The van der Waals surface area contributed by atoms with Gasteiger partial charge in [-0.2, -0.15) is 0 Å². The molecule has 0 saturated carbocycles. The van der Waals surface area contributed by atoms with Gasteiger partial charge in [0, 0.05) is 0 Å². The van der Waals surface area contributed by atoms with E-state index in [1.54, 1.807) is 0 Å². The van der Waals surface area contributed by atoms with E-state index in [0.717, 1.165) is 24.2 Å². The normalized spacial score (nSPS) is 12.2. The first-order valence-corrected chi connectivity index (χ1v) is 7.32. The Balaban J connectivity index is 1.65. The van der Waals surface area contributed by atoms with E-state index in [-0.39, 0.29) is 0 Å². The van der Waals surface area contributed by atoms with Gasteiger partial charge in [-0.1, -0.05) is 60.7 Å². The zero-order valence-electron chi connectivity index (χ0n) is 12.2. The van der Waals surface area contributed by atoms with Crippen LogP contribution >= 0.6 is 0 Å². The quantitative estimate of drug-likeness (QED) is 0.712. The van der Waals surface area contributed by atoms with Crippen molar-refractivity contribution in [2.45, 2.75) is 19.8 Å². The van der Waals surface area contributed by atoms with Crippen LogP contribution in [-0.4, -0.2) is 15.0 Å². The van der Waals surface area contributed by atoms with Gasteiger partial charge in [0.25, 0.3) is 0 Å². The Morgan fingerprint density at radius 3 is 2.29 bits per heavy atom. The van der Waals surface area contributed by atoms with Gasteiger partial charge in [-0.25, -0.2) is 4.68 Å². The summed E-state index contributed by atoms with van der Waals surface area (Å²) >= 11 is 0.